The molecule has 0 aliphatic heterocycles. The van der Waals surface area contributed by atoms with Crippen LogP contribution in [0.4, 0.5) is 5.69 Å². The number of rotatable bonds is 9. The van der Waals surface area contributed by atoms with Crippen LogP contribution in [0, 0.1) is 0 Å². The zero-order valence-corrected chi connectivity index (χ0v) is 17.3. The van der Waals surface area contributed by atoms with Crippen LogP contribution in [0.2, 0.25) is 0 Å². The van der Waals surface area contributed by atoms with Gasteiger partial charge in [0.2, 0.25) is 5.91 Å². The number of carbonyl (C=O) groups is 1. The van der Waals surface area contributed by atoms with Crippen molar-refractivity contribution in [3.05, 3.63) is 52.5 Å². The van der Waals surface area contributed by atoms with Crippen LogP contribution in [0.5, 0.6) is 17.2 Å². The fourth-order valence-electron chi connectivity index (χ4n) is 2.40. The van der Waals surface area contributed by atoms with Crippen LogP contribution in [0.3, 0.4) is 0 Å². The van der Waals surface area contributed by atoms with Gasteiger partial charge in [-0.2, -0.15) is 0 Å². The lowest BCUT2D eigenvalue weighted by Gasteiger charge is -2.11. The van der Waals surface area contributed by atoms with E-state index in [1.54, 1.807) is 26.4 Å². The lowest BCUT2D eigenvalue weighted by atomic mass is 10.2. The molecule has 27 heavy (non-hydrogen) atoms. The Kier molecular flexibility index (Phi) is 8.20. The number of amides is 1. The molecule has 6 heteroatoms. The zero-order chi connectivity index (χ0) is 19.6. The molecule has 0 fully saturated rings. The van der Waals surface area contributed by atoms with Gasteiger partial charge >= 0.3 is 0 Å². The van der Waals surface area contributed by atoms with Crippen molar-refractivity contribution in [1.29, 1.82) is 0 Å². The van der Waals surface area contributed by atoms with Gasteiger partial charge in [0.1, 0.15) is 5.75 Å². The van der Waals surface area contributed by atoms with Gasteiger partial charge < -0.3 is 19.5 Å². The second kappa shape index (κ2) is 10.6. The molecule has 2 aromatic carbocycles. The highest BCUT2D eigenvalue weighted by atomic mass is 79.9. The second-order valence-electron chi connectivity index (χ2n) is 5.76. The van der Waals surface area contributed by atoms with Crippen molar-refractivity contribution < 1.29 is 19.0 Å². The van der Waals surface area contributed by atoms with Gasteiger partial charge in [-0.1, -0.05) is 25.5 Å². The number of halogens is 1. The molecule has 0 bridgehead atoms. The molecule has 0 aliphatic rings. The Morgan fingerprint density at radius 2 is 1.93 bits per heavy atom. The molecule has 0 atom stereocenters. The predicted octanol–water partition coefficient (Wildman–Crippen LogP) is 5.30. The van der Waals surface area contributed by atoms with E-state index >= 15 is 0 Å². The smallest absolute Gasteiger partial charge is 0.248 e. The van der Waals surface area contributed by atoms with Gasteiger partial charge in [0.15, 0.2) is 11.5 Å². The summed E-state index contributed by atoms with van der Waals surface area (Å²) in [5.74, 6) is 1.62. The lowest BCUT2D eigenvalue weighted by Crippen LogP contribution is -2.09. The highest BCUT2D eigenvalue weighted by Crippen LogP contribution is 2.36. The number of unbranched alkanes of at least 4 members (excludes halogenated alkanes) is 1. The average molecular weight is 434 g/mol. The Morgan fingerprint density at radius 1 is 1.15 bits per heavy atom. The molecule has 0 aromatic heterocycles. The molecule has 0 unspecified atom stereocenters. The fourth-order valence-corrected chi connectivity index (χ4v) is 3.02. The first-order chi connectivity index (χ1) is 13.1. The molecule has 5 nitrogen and oxygen atoms in total. The Morgan fingerprint density at radius 3 is 2.63 bits per heavy atom. The van der Waals surface area contributed by atoms with E-state index in [0.29, 0.717) is 29.5 Å². The zero-order valence-electron chi connectivity index (χ0n) is 15.8. The molecule has 1 amide bonds. The van der Waals surface area contributed by atoms with Crippen molar-refractivity contribution in [1.82, 2.24) is 0 Å². The molecular weight excluding hydrogens is 410 g/mol. The maximum absolute atomic E-state index is 12.3. The standard InChI is InChI=1S/C21H24BrNO4/c1-4-5-12-27-18-9-7-6-8-17(18)23-20(24)11-10-15-13-16(22)21(26-3)19(14-15)25-2/h6-11,13-14H,4-5,12H2,1-3H3,(H,23,24). The third-order valence-electron chi connectivity index (χ3n) is 3.78. The Bertz CT molecular complexity index is 805. The molecular formula is C21H24BrNO4. The van der Waals surface area contributed by atoms with Gasteiger partial charge in [-0.15, -0.1) is 0 Å². The van der Waals surface area contributed by atoms with E-state index in [1.807, 2.05) is 30.3 Å². The van der Waals surface area contributed by atoms with Gasteiger partial charge in [-0.25, -0.2) is 0 Å². The molecule has 144 valence electrons. The molecule has 2 aromatic rings. The summed E-state index contributed by atoms with van der Waals surface area (Å²) in [5, 5.41) is 2.86. The first-order valence-corrected chi connectivity index (χ1v) is 9.50. The number of benzene rings is 2. The van der Waals surface area contributed by atoms with Crippen molar-refractivity contribution in [2.24, 2.45) is 0 Å². The van der Waals surface area contributed by atoms with Crippen LogP contribution < -0.4 is 19.5 Å². The Hall–Kier alpha value is -2.47. The Labute approximate surface area is 168 Å². The topological polar surface area (TPSA) is 56.8 Å². The predicted molar refractivity (Wildman–Crippen MR) is 112 cm³/mol. The minimum atomic E-state index is -0.243. The lowest BCUT2D eigenvalue weighted by molar-refractivity contribution is -0.111. The number of hydrogen-bond acceptors (Lipinski definition) is 4. The summed E-state index contributed by atoms with van der Waals surface area (Å²) in [7, 11) is 3.14. The normalized spacial score (nSPS) is 10.7. The van der Waals surface area contributed by atoms with Crippen molar-refractivity contribution in [2.45, 2.75) is 19.8 Å². The number of hydrogen-bond donors (Lipinski definition) is 1. The summed E-state index contributed by atoms with van der Waals surface area (Å²) in [6, 6.07) is 11.1. The van der Waals surface area contributed by atoms with Crippen LogP contribution in [0.25, 0.3) is 6.08 Å². The largest absolute Gasteiger partial charge is 0.493 e. The van der Waals surface area contributed by atoms with E-state index < -0.39 is 0 Å². The monoisotopic (exact) mass is 433 g/mol. The molecule has 0 aliphatic carbocycles. The first kappa shape index (κ1) is 20.8. The van der Waals surface area contributed by atoms with Crippen LogP contribution in [-0.4, -0.2) is 26.7 Å². The van der Waals surface area contributed by atoms with Gasteiger partial charge in [0, 0.05) is 6.08 Å². The number of anilines is 1. The fraction of sp³-hybridized carbons (Fsp3) is 0.286. The minimum Gasteiger partial charge on any atom is -0.493 e. The van der Waals surface area contributed by atoms with Gasteiger partial charge in [-0.05, 0) is 58.3 Å². The summed E-state index contributed by atoms with van der Waals surface area (Å²) in [4.78, 5) is 12.3. The van der Waals surface area contributed by atoms with Crippen LogP contribution >= 0.6 is 15.9 Å². The molecule has 0 saturated heterocycles. The molecule has 0 saturated carbocycles. The maximum atomic E-state index is 12.3. The summed E-state index contributed by atoms with van der Waals surface area (Å²) in [5.41, 5.74) is 1.46. The van der Waals surface area contributed by atoms with E-state index in [0.717, 1.165) is 22.9 Å². The summed E-state index contributed by atoms with van der Waals surface area (Å²) >= 11 is 3.44. The van der Waals surface area contributed by atoms with E-state index in [1.165, 1.54) is 6.08 Å². The van der Waals surface area contributed by atoms with Crippen molar-refractivity contribution in [2.75, 3.05) is 26.1 Å². The van der Waals surface area contributed by atoms with Crippen LogP contribution in [-0.2, 0) is 4.79 Å². The average Bonchev–Trinajstić information content (AvgIpc) is 2.67. The quantitative estimate of drug-likeness (QED) is 0.430. The number of nitrogens with one attached hydrogen (secondary N) is 1. The molecule has 0 spiro atoms. The molecule has 0 radical (unpaired) electrons. The van der Waals surface area contributed by atoms with Crippen LogP contribution in [0.15, 0.2) is 46.9 Å². The highest BCUT2D eigenvalue weighted by molar-refractivity contribution is 9.10. The first-order valence-electron chi connectivity index (χ1n) is 8.71. The summed E-state index contributed by atoms with van der Waals surface area (Å²) in [6.45, 7) is 2.73. The molecule has 2 rings (SSSR count). The maximum Gasteiger partial charge on any atom is 0.248 e. The Balaban J connectivity index is 2.09. The van der Waals surface area contributed by atoms with Crippen molar-refractivity contribution in [3.63, 3.8) is 0 Å². The molecule has 0 heterocycles. The van der Waals surface area contributed by atoms with E-state index in [-0.39, 0.29) is 5.91 Å². The van der Waals surface area contributed by atoms with Gasteiger partial charge in [0.25, 0.3) is 0 Å². The highest BCUT2D eigenvalue weighted by Gasteiger charge is 2.10. The SMILES string of the molecule is CCCCOc1ccccc1NC(=O)C=Cc1cc(Br)c(OC)c(OC)c1. The van der Waals surface area contributed by atoms with Crippen molar-refractivity contribution in [3.8, 4) is 17.2 Å². The van der Waals surface area contributed by atoms with Crippen LogP contribution in [0.1, 0.15) is 25.3 Å². The minimum absolute atomic E-state index is 0.243. The summed E-state index contributed by atoms with van der Waals surface area (Å²) in [6.07, 6.45) is 5.20. The second-order valence-corrected chi connectivity index (χ2v) is 6.61. The third-order valence-corrected chi connectivity index (χ3v) is 4.37. The number of carbonyl (C=O) groups excluding carboxylic acids is 1. The third kappa shape index (κ3) is 6.03. The number of ether oxygens (including phenoxy) is 3. The van der Waals surface area contributed by atoms with Gasteiger partial charge in [-0.3, -0.25) is 4.79 Å². The van der Waals surface area contributed by atoms with E-state index in [9.17, 15) is 4.79 Å². The number of methoxy groups -OCH3 is 2. The van der Waals surface area contributed by atoms with E-state index in [2.05, 4.69) is 28.2 Å². The summed E-state index contributed by atoms with van der Waals surface area (Å²) < 4.78 is 17.1. The van der Waals surface area contributed by atoms with Gasteiger partial charge in [0.05, 0.1) is 31.0 Å². The molecule has 1 N–H and O–H groups in total. The van der Waals surface area contributed by atoms with E-state index in [4.69, 9.17) is 14.2 Å². The number of para-hydroxylation sites is 2. The van der Waals surface area contributed by atoms with Crippen molar-refractivity contribution >= 4 is 33.6 Å².